The third kappa shape index (κ3) is 4.08. The number of aromatic nitrogens is 1. The lowest BCUT2D eigenvalue weighted by Crippen LogP contribution is -2.25. The van der Waals surface area contributed by atoms with Crippen molar-refractivity contribution < 1.29 is 4.39 Å². The maximum absolute atomic E-state index is 13.2. The van der Waals surface area contributed by atoms with Crippen LogP contribution in [0.2, 0.25) is 0 Å². The van der Waals surface area contributed by atoms with Crippen LogP contribution < -0.4 is 5.32 Å². The Bertz CT molecular complexity index is 328. The number of unbranched alkanes of at least 4 members (excludes halogenated alkanes) is 1. The molecule has 0 aromatic carbocycles. The highest BCUT2D eigenvalue weighted by atomic mass is 19.1. The fraction of sp³-hybridized carbons (Fsp3) is 0.643. The van der Waals surface area contributed by atoms with E-state index in [4.69, 9.17) is 0 Å². The molecule has 0 aliphatic rings. The average molecular weight is 238 g/mol. The summed E-state index contributed by atoms with van der Waals surface area (Å²) in [5.74, 6) is 0.289. The molecule has 0 spiro atoms. The van der Waals surface area contributed by atoms with Gasteiger partial charge in [0, 0.05) is 12.2 Å². The van der Waals surface area contributed by atoms with Crippen molar-refractivity contribution in [1.29, 1.82) is 0 Å². The molecule has 1 aromatic heterocycles. The predicted molar refractivity (Wildman–Crippen MR) is 69.3 cm³/mol. The van der Waals surface area contributed by atoms with Crippen molar-refractivity contribution in [3.05, 3.63) is 29.8 Å². The number of halogens is 1. The Morgan fingerprint density at radius 3 is 2.65 bits per heavy atom. The molecule has 0 amide bonds. The van der Waals surface area contributed by atoms with Crippen LogP contribution in [0.4, 0.5) is 4.39 Å². The van der Waals surface area contributed by atoms with Crippen molar-refractivity contribution >= 4 is 0 Å². The molecule has 2 atom stereocenters. The Balaban J connectivity index is 2.81. The summed E-state index contributed by atoms with van der Waals surface area (Å²) in [6.07, 6.45) is 7.72. The molecule has 1 rings (SSSR count). The molecule has 0 aliphatic carbocycles. The van der Waals surface area contributed by atoms with Crippen molar-refractivity contribution in [2.24, 2.45) is 5.92 Å². The van der Waals surface area contributed by atoms with Crippen LogP contribution in [-0.2, 0) is 0 Å². The molecule has 0 saturated heterocycles. The molecule has 0 aliphatic heterocycles. The molecule has 2 nitrogen and oxygen atoms in total. The highest BCUT2D eigenvalue weighted by molar-refractivity contribution is 5.16. The molecule has 17 heavy (non-hydrogen) atoms. The van der Waals surface area contributed by atoms with Gasteiger partial charge in [0.1, 0.15) is 5.82 Å². The van der Waals surface area contributed by atoms with E-state index in [0.29, 0.717) is 5.92 Å². The maximum atomic E-state index is 13.2. The summed E-state index contributed by atoms with van der Waals surface area (Å²) in [5, 5.41) is 3.30. The van der Waals surface area contributed by atoms with Crippen molar-refractivity contribution in [2.75, 3.05) is 7.05 Å². The van der Waals surface area contributed by atoms with E-state index >= 15 is 0 Å². The number of hydrogen-bond acceptors (Lipinski definition) is 2. The van der Waals surface area contributed by atoms with E-state index < -0.39 is 0 Å². The first-order valence-corrected chi connectivity index (χ1v) is 6.50. The van der Waals surface area contributed by atoms with E-state index in [9.17, 15) is 4.39 Å². The largest absolute Gasteiger partial charge is 0.313 e. The van der Waals surface area contributed by atoms with Crippen molar-refractivity contribution in [1.82, 2.24) is 10.3 Å². The van der Waals surface area contributed by atoms with Gasteiger partial charge in [-0.2, -0.15) is 0 Å². The van der Waals surface area contributed by atoms with Crippen LogP contribution in [0.15, 0.2) is 18.5 Å². The number of pyridine rings is 1. The molecule has 1 aromatic rings. The predicted octanol–water partition coefficient (Wildman–Crippen LogP) is 3.70. The third-order valence-electron chi connectivity index (χ3n) is 3.32. The molecule has 1 N–H and O–H groups in total. The van der Waals surface area contributed by atoms with Crippen molar-refractivity contribution in [3.63, 3.8) is 0 Å². The first-order valence-electron chi connectivity index (χ1n) is 6.50. The highest BCUT2D eigenvalue weighted by Gasteiger charge is 2.20. The molecule has 0 fully saturated rings. The Morgan fingerprint density at radius 1 is 1.35 bits per heavy atom. The maximum Gasteiger partial charge on any atom is 0.141 e. The minimum Gasteiger partial charge on any atom is -0.313 e. The van der Waals surface area contributed by atoms with E-state index in [1.54, 1.807) is 12.3 Å². The van der Waals surface area contributed by atoms with Gasteiger partial charge in [0.15, 0.2) is 0 Å². The lowest BCUT2D eigenvalue weighted by molar-refractivity contribution is 0.337. The molecule has 3 heteroatoms. The Hall–Kier alpha value is -0.960. The van der Waals surface area contributed by atoms with Crippen LogP contribution in [0.5, 0.6) is 0 Å². The molecule has 0 saturated carbocycles. The monoisotopic (exact) mass is 238 g/mol. The van der Waals surface area contributed by atoms with Gasteiger partial charge in [-0.05, 0) is 31.0 Å². The van der Waals surface area contributed by atoms with Gasteiger partial charge in [0.25, 0.3) is 0 Å². The van der Waals surface area contributed by atoms with Gasteiger partial charge in [-0.15, -0.1) is 0 Å². The smallest absolute Gasteiger partial charge is 0.141 e. The Labute approximate surface area is 104 Å². The minimum absolute atomic E-state index is 0.203. The zero-order valence-corrected chi connectivity index (χ0v) is 11.0. The first kappa shape index (κ1) is 14.1. The molecular weight excluding hydrogens is 215 g/mol. The second-order valence-electron chi connectivity index (χ2n) is 4.51. The van der Waals surface area contributed by atoms with Crippen molar-refractivity contribution in [2.45, 2.75) is 45.6 Å². The van der Waals surface area contributed by atoms with Gasteiger partial charge < -0.3 is 5.32 Å². The summed E-state index contributed by atoms with van der Waals surface area (Å²) in [6, 6.07) is 1.79. The summed E-state index contributed by atoms with van der Waals surface area (Å²) < 4.78 is 13.2. The SMILES string of the molecule is CCCCC(CC)C(NC)c1cncc(F)c1. The van der Waals surface area contributed by atoms with Crippen LogP contribution >= 0.6 is 0 Å². The Kier molecular flexibility index (Phi) is 6.12. The van der Waals surface area contributed by atoms with E-state index in [-0.39, 0.29) is 11.9 Å². The first-order chi connectivity index (χ1) is 8.22. The van der Waals surface area contributed by atoms with Crippen LogP contribution in [-0.4, -0.2) is 12.0 Å². The lowest BCUT2D eigenvalue weighted by Gasteiger charge is -2.26. The minimum atomic E-state index is -0.256. The summed E-state index contributed by atoms with van der Waals surface area (Å²) in [5.41, 5.74) is 0.954. The number of nitrogens with zero attached hydrogens (tertiary/aromatic N) is 1. The second kappa shape index (κ2) is 7.38. The van der Waals surface area contributed by atoms with Crippen LogP contribution in [0, 0.1) is 11.7 Å². The summed E-state index contributed by atoms with van der Waals surface area (Å²) in [7, 11) is 1.93. The highest BCUT2D eigenvalue weighted by Crippen LogP contribution is 2.28. The molecular formula is C14H23FN2. The van der Waals surface area contributed by atoms with E-state index in [0.717, 1.165) is 12.0 Å². The standard InChI is InChI=1S/C14H23FN2/c1-4-6-7-11(5-2)14(16-3)12-8-13(15)10-17-9-12/h8-11,14,16H,4-7H2,1-3H3. The van der Waals surface area contributed by atoms with Gasteiger partial charge in [0.05, 0.1) is 6.20 Å². The van der Waals surface area contributed by atoms with Gasteiger partial charge in [0.2, 0.25) is 0 Å². The molecule has 2 unspecified atom stereocenters. The molecule has 96 valence electrons. The lowest BCUT2D eigenvalue weighted by atomic mass is 9.87. The summed E-state index contributed by atoms with van der Waals surface area (Å²) >= 11 is 0. The number of hydrogen-bond donors (Lipinski definition) is 1. The molecule has 0 radical (unpaired) electrons. The van der Waals surface area contributed by atoms with Gasteiger partial charge in [-0.3, -0.25) is 4.98 Å². The van der Waals surface area contributed by atoms with E-state index in [2.05, 4.69) is 24.1 Å². The Morgan fingerprint density at radius 2 is 2.12 bits per heavy atom. The van der Waals surface area contributed by atoms with E-state index in [1.807, 2.05) is 7.05 Å². The number of nitrogens with one attached hydrogen (secondary N) is 1. The summed E-state index contributed by atoms with van der Waals surface area (Å²) in [4.78, 5) is 3.94. The topological polar surface area (TPSA) is 24.9 Å². The zero-order valence-electron chi connectivity index (χ0n) is 11.0. The fourth-order valence-corrected chi connectivity index (χ4v) is 2.35. The van der Waals surface area contributed by atoms with Gasteiger partial charge in [-0.25, -0.2) is 4.39 Å². The molecule has 0 bridgehead atoms. The average Bonchev–Trinajstić information content (AvgIpc) is 2.34. The second-order valence-corrected chi connectivity index (χ2v) is 4.51. The number of rotatable bonds is 7. The molecule has 1 heterocycles. The van der Waals surface area contributed by atoms with Crippen LogP contribution in [0.1, 0.15) is 51.1 Å². The van der Waals surface area contributed by atoms with Crippen molar-refractivity contribution in [3.8, 4) is 0 Å². The fourth-order valence-electron chi connectivity index (χ4n) is 2.35. The van der Waals surface area contributed by atoms with Gasteiger partial charge >= 0.3 is 0 Å². The van der Waals surface area contributed by atoms with Gasteiger partial charge in [-0.1, -0.05) is 33.1 Å². The quantitative estimate of drug-likeness (QED) is 0.783. The summed E-state index contributed by atoms with van der Waals surface area (Å²) in [6.45, 7) is 4.39. The third-order valence-corrected chi connectivity index (χ3v) is 3.32. The zero-order chi connectivity index (χ0) is 12.7. The van der Waals surface area contributed by atoms with Crippen LogP contribution in [0.25, 0.3) is 0 Å². The van der Waals surface area contributed by atoms with Crippen LogP contribution in [0.3, 0.4) is 0 Å². The normalized spacial score (nSPS) is 14.6. The van der Waals surface area contributed by atoms with E-state index in [1.165, 1.54) is 25.5 Å².